The first-order valence-electron chi connectivity index (χ1n) is 6.07. The van der Waals surface area contributed by atoms with Gasteiger partial charge in [-0.2, -0.15) is 0 Å². The van der Waals surface area contributed by atoms with Crippen molar-refractivity contribution in [3.8, 4) is 0 Å². The lowest BCUT2D eigenvalue weighted by Gasteiger charge is -2.24. The monoisotopic (exact) mass is 300 g/mol. The molecule has 96 valence electrons. The van der Waals surface area contributed by atoms with E-state index in [0.717, 1.165) is 35.1 Å². The fourth-order valence-corrected chi connectivity index (χ4v) is 2.27. The number of hydrogen-bond acceptors (Lipinski definition) is 3. The Morgan fingerprint density at radius 2 is 2.12 bits per heavy atom. The van der Waals surface area contributed by atoms with E-state index in [-0.39, 0.29) is 6.61 Å². The summed E-state index contributed by atoms with van der Waals surface area (Å²) in [5, 5.41) is 9.09. The van der Waals surface area contributed by atoms with E-state index in [2.05, 4.69) is 39.9 Å². The van der Waals surface area contributed by atoms with Crippen LogP contribution in [-0.2, 0) is 6.54 Å². The molecule has 17 heavy (non-hydrogen) atoms. The van der Waals surface area contributed by atoms with Gasteiger partial charge in [-0.1, -0.05) is 35.3 Å². The summed E-state index contributed by atoms with van der Waals surface area (Å²) in [4.78, 5) is 2.20. The average Bonchev–Trinajstić information content (AvgIpc) is 2.34. The molecule has 0 aliphatic heterocycles. The molecular formula is C13H21BrN2O. The average molecular weight is 301 g/mol. The van der Waals surface area contributed by atoms with E-state index in [1.54, 1.807) is 0 Å². The lowest BCUT2D eigenvalue weighted by atomic mass is 10.2. The minimum Gasteiger partial charge on any atom is -0.395 e. The van der Waals surface area contributed by atoms with Crippen molar-refractivity contribution in [2.24, 2.45) is 5.73 Å². The van der Waals surface area contributed by atoms with Gasteiger partial charge in [0.15, 0.2) is 0 Å². The first-order valence-corrected chi connectivity index (χ1v) is 6.86. The van der Waals surface area contributed by atoms with E-state index in [1.807, 2.05) is 6.07 Å². The van der Waals surface area contributed by atoms with Gasteiger partial charge in [0.2, 0.25) is 0 Å². The maximum absolute atomic E-state index is 9.09. The zero-order chi connectivity index (χ0) is 12.7. The van der Waals surface area contributed by atoms with Crippen LogP contribution in [0.1, 0.15) is 25.3 Å². The highest BCUT2D eigenvalue weighted by Gasteiger charge is 2.07. The molecule has 1 aromatic carbocycles. The van der Waals surface area contributed by atoms with Crippen LogP contribution in [-0.4, -0.2) is 24.8 Å². The van der Waals surface area contributed by atoms with Gasteiger partial charge in [-0.25, -0.2) is 0 Å². The Morgan fingerprint density at radius 1 is 1.35 bits per heavy atom. The summed E-state index contributed by atoms with van der Waals surface area (Å²) in [5.41, 5.74) is 7.87. The van der Waals surface area contributed by atoms with Crippen LogP contribution >= 0.6 is 15.9 Å². The number of unbranched alkanes of at least 4 members (excludes halogenated alkanes) is 1. The van der Waals surface area contributed by atoms with Gasteiger partial charge in [0, 0.05) is 29.8 Å². The van der Waals surface area contributed by atoms with Crippen molar-refractivity contribution in [2.75, 3.05) is 24.6 Å². The summed E-state index contributed by atoms with van der Waals surface area (Å²) in [6.45, 7) is 4.54. The van der Waals surface area contributed by atoms with E-state index in [1.165, 1.54) is 0 Å². The van der Waals surface area contributed by atoms with Gasteiger partial charge in [0.05, 0.1) is 6.61 Å². The zero-order valence-corrected chi connectivity index (χ0v) is 11.9. The largest absolute Gasteiger partial charge is 0.395 e. The fourth-order valence-electron chi connectivity index (χ4n) is 1.74. The molecule has 1 rings (SSSR count). The third-order valence-corrected chi connectivity index (χ3v) is 3.51. The molecule has 3 nitrogen and oxygen atoms in total. The van der Waals surface area contributed by atoms with Crippen LogP contribution in [0.4, 0.5) is 5.69 Å². The van der Waals surface area contributed by atoms with Gasteiger partial charge in [-0.15, -0.1) is 0 Å². The first-order chi connectivity index (χ1) is 8.22. The Hall–Kier alpha value is -0.580. The summed E-state index contributed by atoms with van der Waals surface area (Å²) in [5.74, 6) is 0. The van der Waals surface area contributed by atoms with Crippen molar-refractivity contribution in [1.82, 2.24) is 0 Å². The van der Waals surface area contributed by atoms with Gasteiger partial charge >= 0.3 is 0 Å². The van der Waals surface area contributed by atoms with Crippen LogP contribution in [0.25, 0.3) is 0 Å². The summed E-state index contributed by atoms with van der Waals surface area (Å²) in [6, 6.07) is 6.18. The summed E-state index contributed by atoms with van der Waals surface area (Å²) in [7, 11) is 0. The molecule has 0 unspecified atom stereocenters. The molecule has 0 aromatic heterocycles. The topological polar surface area (TPSA) is 49.5 Å². The SMILES string of the molecule is CCCCN(CCO)c1ccc(CN)c(Br)c1. The number of aliphatic hydroxyl groups is 1. The normalized spacial score (nSPS) is 10.6. The smallest absolute Gasteiger partial charge is 0.0606 e. The summed E-state index contributed by atoms with van der Waals surface area (Å²) < 4.78 is 1.04. The van der Waals surface area contributed by atoms with Gasteiger partial charge in [-0.3, -0.25) is 0 Å². The van der Waals surface area contributed by atoms with E-state index in [4.69, 9.17) is 10.8 Å². The highest BCUT2D eigenvalue weighted by atomic mass is 79.9. The second kappa shape index (κ2) is 7.69. The lowest BCUT2D eigenvalue weighted by molar-refractivity contribution is 0.301. The molecule has 0 spiro atoms. The Kier molecular flexibility index (Phi) is 6.55. The molecule has 0 fully saturated rings. The van der Waals surface area contributed by atoms with E-state index in [0.29, 0.717) is 13.1 Å². The minimum absolute atomic E-state index is 0.181. The van der Waals surface area contributed by atoms with Gasteiger partial charge in [0.25, 0.3) is 0 Å². The standard InChI is InChI=1S/C13H21BrN2O/c1-2-3-6-16(7-8-17)12-5-4-11(10-15)13(14)9-12/h4-5,9,17H,2-3,6-8,10,15H2,1H3. The van der Waals surface area contributed by atoms with E-state index in [9.17, 15) is 0 Å². The van der Waals surface area contributed by atoms with Crippen molar-refractivity contribution >= 4 is 21.6 Å². The Balaban J connectivity index is 2.82. The van der Waals surface area contributed by atoms with Gasteiger partial charge in [-0.05, 0) is 24.1 Å². The fraction of sp³-hybridized carbons (Fsp3) is 0.538. The number of nitrogens with zero attached hydrogens (tertiary/aromatic N) is 1. The van der Waals surface area contributed by atoms with E-state index >= 15 is 0 Å². The highest BCUT2D eigenvalue weighted by molar-refractivity contribution is 9.10. The van der Waals surface area contributed by atoms with Gasteiger partial charge < -0.3 is 15.7 Å². The number of hydrogen-bond donors (Lipinski definition) is 2. The molecule has 0 amide bonds. The van der Waals surface area contributed by atoms with Crippen molar-refractivity contribution in [2.45, 2.75) is 26.3 Å². The van der Waals surface area contributed by atoms with Crippen molar-refractivity contribution in [3.63, 3.8) is 0 Å². The van der Waals surface area contributed by atoms with E-state index < -0.39 is 0 Å². The Morgan fingerprint density at radius 3 is 2.65 bits per heavy atom. The number of anilines is 1. The number of halogens is 1. The summed E-state index contributed by atoms with van der Waals surface area (Å²) >= 11 is 3.53. The highest BCUT2D eigenvalue weighted by Crippen LogP contribution is 2.24. The Labute approximate surface area is 112 Å². The second-order valence-electron chi connectivity index (χ2n) is 4.04. The lowest BCUT2D eigenvalue weighted by Crippen LogP contribution is -2.27. The van der Waals surface area contributed by atoms with Crippen molar-refractivity contribution in [1.29, 1.82) is 0 Å². The van der Waals surface area contributed by atoms with Crippen molar-refractivity contribution < 1.29 is 5.11 Å². The molecule has 0 bridgehead atoms. The molecule has 0 saturated heterocycles. The van der Waals surface area contributed by atoms with Crippen LogP contribution < -0.4 is 10.6 Å². The van der Waals surface area contributed by atoms with Gasteiger partial charge in [0.1, 0.15) is 0 Å². The van der Waals surface area contributed by atoms with Crippen LogP contribution in [0, 0.1) is 0 Å². The van der Waals surface area contributed by atoms with Crippen LogP contribution in [0.2, 0.25) is 0 Å². The molecular weight excluding hydrogens is 280 g/mol. The molecule has 0 heterocycles. The maximum atomic E-state index is 9.09. The zero-order valence-electron chi connectivity index (χ0n) is 10.3. The molecule has 3 N–H and O–H groups in total. The third kappa shape index (κ3) is 4.30. The molecule has 4 heteroatoms. The molecule has 0 radical (unpaired) electrons. The number of nitrogens with two attached hydrogens (primary N) is 1. The third-order valence-electron chi connectivity index (χ3n) is 2.77. The number of aliphatic hydroxyl groups excluding tert-OH is 1. The Bertz CT molecular complexity index is 344. The van der Waals surface area contributed by atoms with Crippen LogP contribution in [0.15, 0.2) is 22.7 Å². The second-order valence-corrected chi connectivity index (χ2v) is 4.90. The molecule has 0 saturated carbocycles. The number of benzene rings is 1. The number of rotatable bonds is 7. The molecule has 0 aliphatic rings. The minimum atomic E-state index is 0.181. The summed E-state index contributed by atoms with van der Waals surface area (Å²) in [6.07, 6.45) is 2.29. The first kappa shape index (κ1) is 14.5. The quantitative estimate of drug-likeness (QED) is 0.813. The molecule has 1 aromatic rings. The maximum Gasteiger partial charge on any atom is 0.0606 e. The predicted molar refractivity (Wildman–Crippen MR) is 76.2 cm³/mol. The van der Waals surface area contributed by atoms with Crippen LogP contribution in [0.3, 0.4) is 0 Å². The van der Waals surface area contributed by atoms with Crippen molar-refractivity contribution in [3.05, 3.63) is 28.2 Å². The molecule has 0 aliphatic carbocycles. The molecule has 0 atom stereocenters. The predicted octanol–water partition coefficient (Wildman–Crippen LogP) is 2.51. The van der Waals surface area contributed by atoms with Crippen LogP contribution in [0.5, 0.6) is 0 Å².